The lowest BCUT2D eigenvalue weighted by atomic mass is 10.0. The highest BCUT2D eigenvalue weighted by Gasteiger charge is 2.22. The fraction of sp³-hybridized carbons (Fsp3) is 0.273. The average molecular weight is 421 g/mol. The molecule has 2 aromatic heterocycles. The molecule has 0 radical (unpaired) electrons. The molecule has 4 rings (SSSR count). The Balaban J connectivity index is 1.89. The predicted molar refractivity (Wildman–Crippen MR) is 116 cm³/mol. The molecule has 0 bridgehead atoms. The third kappa shape index (κ3) is 3.75. The number of nitrogens with zero attached hydrogens (tertiary/aromatic N) is 3. The molecule has 0 atom stereocenters. The Bertz CT molecular complexity index is 1190. The number of aryl methyl sites for hydroxylation is 1. The van der Waals surface area contributed by atoms with E-state index in [9.17, 15) is 9.59 Å². The quantitative estimate of drug-likeness (QED) is 0.553. The van der Waals surface area contributed by atoms with Crippen molar-refractivity contribution in [3.8, 4) is 5.75 Å². The molecule has 2 amide bonds. The largest absolute Gasteiger partial charge is 0.493 e. The number of nitrogens with one attached hydrogen (secondary N) is 1. The van der Waals surface area contributed by atoms with Crippen LogP contribution in [0, 0.1) is 6.92 Å². The van der Waals surface area contributed by atoms with E-state index in [0.717, 1.165) is 23.4 Å². The summed E-state index contributed by atoms with van der Waals surface area (Å²) < 4.78 is 5.64. The number of hydrogen-bond acceptors (Lipinski definition) is 7. The maximum Gasteiger partial charge on any atom is 0.272 e. The van der Waals surface area contributed by atoms with Crippen molar-refractivity contribution in [1.82, 2.24) is 14.9 Å². The van der Waals surface area contributed by atoms with Gasteiger partial charge in [-0.2, -0.15) is 0 Å². The Morgan fingerprint density at radius 2 is 2.16 bits per heavy atom. The van der Waals surface area contributed by atoms with Crippen LogP contribution in [0.2, 0.25) is 0 Å². The summed E-state index contributed by atoms with van der Waals surface area (Å²) in [5.41, 5.74) is 9.39. The first kappa shape index (κ1) is 20.5. The summed E-state index contributed by atoms with van der Waals surface area (Å²) in [6.45, 7) is 2.36. The minimum absolute atomic E-state index is 0.157. The fourth-order valence-electron chi connectivity index (χ4n) is 3.71. The molecule has 31 heavy (non-hydrogen) atoms. The number of carbonyl (C=O) groups excluding carboxylic acids is 2. The molecule has 1 aromatic carbocycles. The van der Waals surface area contributed by atoms with Crippen molar-refractivity contribution in [3.05, 3.63) is 53.0 Å². The van der Waals surface area contributed by atoms with Gasteiger partial charge in [0.25, 0.3) is 11.8 Å². The lowest BCUT2D eigenvalue weighted by Crippen LogP contribution is -2.30. The molecule has 1 aliphatic heterocycles. The SMILES string of the molecule is Cc1nc(C(=O)N(C)CCO)cc2c(Nc3cccc4c3CCO4)c(C(N)=O)cnc12. The molecule has 9 heteroatoms. The average Bonchev–Trinajstić information content (AvgIpc) is 3.23. The summed E-state index contributed by atoms with van der Waals surface area (Å²) in [7, 11) is 1.59. The van der Waals surface area contributed by atoms with Gasteiger partial charge in [0, 0.05) is 42.8 Å². The fourth-order valence-corrected chi connectivity index (χ4v) is 3.71. The summed E-state index contributed by atoms with van der Waals surface area (Å²) in [6, 6.07) is 7.26. The number of rotatable bonds is 6. The number of likely N-dealkylation sites (N-methyl/N-ethyl adjacent to an activating group) is 1. The molecule has 0 spiro atoms. The molecule has 0 unspecified atom stereocenters. The van der Waals surface area contributed by atoms with Crippen LogP contribution in [0.25, 0.3) is 10.9 Å². The van der Waals surface area contributed by atoms with E-state index in [0.29, 0.717) is 28.9 Å². The molecule has 3 aromatic rings. The van der Waals surface area contributed by atoms with E-state index < -0.39 is 5.91 Å². The zero-order chi connectivity index (χ0) is 22.1. The van der Waals surface area contributed by atoms with E-state index in [2.05, 4.69) is 15.3 Å². The normalized spacial score (nSPS) is 12.4. The smallest absolute Gasteiger partial charge is 0.272 e. The highest BCUT2D eigenvalue weighted by Crippen LogP contribution is 2.36. The summed E-state index contributed by atoms with van der Waals surface area (Å²) in [5, 5.41) is 13.0. The second kappa shape index (κ2) is 8.19. The van der Waals surface area contributed by atoms with Crippen LogP contribution in [-0.2, 0) is 6.42 Å². The Morgan fingerprint density at radius 1 is 1.35 bits per heavy atom. The van der Waals surface area contributed by atoms with Crippen LogP contribution in [0.3, 0.4) is 0 Å². The van der Waals surface area contributed by atoms with Gasteiger partial charge < -0.3 is 25.8 Å². The van der Waals surface area contributed by atoms with Gasteiger partial charge in [-0.3, -0.25) is 14.6 Å². The van der Waals surface area contributed by atoms with Gasteiger partial charge in [0.05, 0.1) is 35.7 Å². The first-order valence-corrected chi connectivity index (χ1v) is 9.89. The number of anilines is 2. The Morgan fingerprint density at radius 3 is 2.90 bits per heavy atom. The van der Waals surface area contributed by atoms with E-state index in [1.54, 1.807) is 20.0 Å². The molecule has 160 valence electrons. The number of aliphatic hydroxyl groups excluding tert-OH is 1. The number of pyridine rings is 2. The molecule has 0 fully saturated rings. The third-order valence-electron chi connectivity index (χ3n) is 5.30. The van der Waals surface area contributed by atoms with E-state index in [1.165, 1.54) is 11.1 Å². The first-order chi connectivity index (χ1) is 14.9. The van der Waals surface area contributed by atoms with Crippen LogP contribution in [0.5, 0.6) is 5.75 Å². The summed E-state index contributed by atoms with van der Waals surface area (Å²) in [5.74, 6) is -0.188. The highest BCUT2D eigenvalue weighted by molar-refractivity contribution is 6.09. The van der Waals surface area contributed by atoms with Crippen LogP contribution >= 0.6 is 0 Å². The van der Waals surface area contributed by atoms with Crippen LogP contribution in [0.4, 0.5) is 11.4 Å². The van der Waals surface area contributed by atoms with Crippen molar-refractivity contribution in [2.24, 2.45) is 5.73 Å². The van der Waals surface area contributed by atoms with E-state index in [-0.39, 0.29) is 30.3 Å². The van der Waals surface area contributed by atoms with Crippen molar-refractivity contribution in [1.29, 1.82) is 0 Å². The summed E-state index contributed by atoms with van der Waals surface area (Å²) >= 11 is 0. The number of amides is 2. The Hall–Kier alpha value is -3.72. The summed E-state index contributed by atoms with van der Waals surface area (Å²) in [4.78, 5) is 35.1. The number of aliphatic hydroxyl groups is 1. The number of nitrogens with two attached hydrogens (primary N) is 1. The molecular formula is C22H23N5O4. The van der Waals surface area contributed by atoms with Gasteiger partial charge in [-0.25, -0.2) is 4.98 Å². The van der Waals surface area contributed by atoms with Gasteiger partial charge in [0.2, 0.25) is 0 Å². The van der Waals surface area contributed by atoms with Crippen molar-refractivity contribution in [3.63, 3.8) is 0 Å². The van der Waals surface area contributed by atoms with Gasteiger partial charge in [-0.1, -0.05) is 6.07 Å². The first-order valence-electron chi connectivity index (χ1n) is 9.89. The molecular weight excluding hydrogens is 398 g/mol. The molecule has 0 saturated heterocycles. The topological polar surface area (TPSA) is 131 Å². The molecule has 3 heterocycles. The lowest BCUT2D eigenvalue weighted by Gasteiger charge is -2.18. The maximum absolute atomic E-state index is 12.8. The minimum atomic E-state index is -0.638. The van der Waals surface area contributed by atoms with Crippen molar-refractivity contribution < 1.29 is 19.4 Å². The van der Waals surface area contributed by atoms with Gasteiger partial charge in [0.1, 0.15) is 11.4 Å². The number of ether oxygens (including phenoxy) is 1. The standard InChI is InChI=1S/C22H23N5O4/c1-12-19-14(10-17(25-12)22(30)27(2)7-8-28)20(15(11-24-19)21(23)29)26-16-4-3-5-18-13(16)6-9-31-18/h3-5,10-11,28H,6-9H2,1-2H3,(H2,23,29)(H,24,26). The molecule has 0 aliphatic carbocycles. The van der Waals surface area contributed by atoms with Gasteiger partial charge in [-0.15, -0.1) is 0 Å². The van der Waals surface area contributed by atoms with Crippen LogP contribution < -0.4 is 15.8 Å². The van der Waals surface area contributed by atoms with Crippen molar-refractivity contribution >= 4 is 34.1 Å². The monoisotopic (exact) mass is 421 g/mol. The van der Waals surface area contributed by atoms with Gasteiger partial charge in [-0.05, 0) is 25.1 Å². The zero-order valence-corrected chi connectivity index (χ0v) is 17.3. The number of primary amides is 1. The van der Waals surface area contributed by atoms with E-state index in [1.807, 2.05) is 18.2 Å². The Labute approximate surface area is 178 Å². The highest BCUT2D eigenvalue weighted by atomic mass is 16.5. The van der Waals surface area contributed by atoms with Crippen LogP contribution in [0.15, 0.2) is 30.5 Å². The third-order valence-corrected chi connectivity index (χ3v) is 5.30. The second-order valence-electron chi connectivity index (χ2n) is 7.36. The summed E-state index contributed by atoms with van der Waals surface area (Å²) in [6.07, 6.45) is 2.16. The zero-order valence-electron chi connectivity index (χ0n) is 17.3. The molecule has 4 N–H and O–H groups in total. The number of hydrogen-bond donors (Lipinski definition) is 3. The second-order valence-corrected chi connectivity index (χ2v) is 7.36. The molecule has 0 saturated carbocycles. The Kier molecular flexibility index (Phi) is 5.43. The number of benzene rings is 1. The molecule has 1 aliphatic rings. The lowest BCUT2D eigenvalue weighted by molar-refractivity contribution is 0.0761. The maximum atomic E-state index is 12.8. The van der Waals surface area contributed by atoms with Gasteiger partial charge in [0.15, 0.2) is 0 Å². The van der Waals surface area contributed by atoms with Crippen molar-refractivity contribution in [2.75, 3.05) is 32.1 Å². The van der Waals surface area contributed by atoms with E-state index >= 15 is 0 Å². The van der Waals surface area contributed by atoms with E-state index in [4.69, 9.17) is 15.6 Å². The minimum Gasteiger partial charge on any atom is -0.493 e. The van der Waals surface area contributed by atoms with Crippen LogP contribution in [-0.4, -0.2) is 58.6 Å². The predicted octanol–water partition coefficient (Wildman–Crippen LogP) is 1.78. The number of aromatic nitrogens is 2. The van der Waals surface area contributed by atoms with Gasteiger partial charge >= 0.3 is 0 Å². The molecule has 9 nitrogen and oxygen atoms in total. The van der Waals surface area contributed by atoms with Crippen LogP contribution in [0.1, 0.15) is 32.1 Å². The number of carbonyl (C=O) groups is 2. The van der Waals surface area contributed by atoms with Crippen molar-refractivity contribution in [2.45, 2.75) is 13.3 Å². The number of fused-ring (bicyclic) bond motifs is 2.